The number of anilines is 1. The molecule has 124 valence electrons. The van der Waals surface area contributed by atoms with Gasteiger partial charge in [-0.25, -0.2) is 4.79 Å². The number of fused-ring (bicyclic) bond motifs is 1. The van der Waals surface area contributed by atoms with Crippen LogP contribution in [0.4, 0.5) is 5.69 Å². The molecule has 23 heavy (non-hydrogen) atoms. The number of ether oxygens (including phenoxy) is 2. The van der Waals surface area contributed by atoms with Gasteiger partial charge in [-0.05, 0) is 18.1 Å². The van der Waals surface area contributed by atoms with Crippen molar-refractivity contribution in [1.29, 1.82) is 0 Å². The molecule has 1 aromatic carbocycles. The van der Waals surface area contributed by atoms with E-state index in [0.717, 1.165) is 16.8 Å². The first kappa shape index (κ1) is 16.8. The van der Waals surface area contributed by atoms with E-state index in [0.29, 0.717) is 6.42 Å². The van der Waals surface area contributed by atoms with Crippen LogP contribution in [0.15, 0.2) is 18.2 Å². The number of hydrogen-bond acceptors (Lipinski definition) is 6. The Labute approximate surface area is 134 Å². The average Bonchev–Trinajstić information content (AvgIpc) is 2.99. The van der Waals surface area contributed by atoms with E-state index >= 15 is 0 Å². The largest absolute Gasteiger partial charge is 0.469 e. The quantitative estimate of drug-likeness (QED) is 0.770. The summed E-state index contributed by atoms with van der Waals surface area (Å²) >= 11 is 0. The maximum atomic E-state index is 12.4. The van der Waals surface area contributed by atoms with Crippen molar-refractivity contribution >= 4 is 23.5 Å². The van der Waals surface area contributed by atoms with Crippen LogP contribution in [0.25, 0.3) is 0 Å². The van der Waals surface area contributed by atoms with Crippen LogP contribution in [0.5, 0.6) is 0 Å². The zero-order valence-electron chi connectivity index (χ0n) is 13.3. The van der Waals surface area contributed by atoms with Crippen molar-refractivity contribution in [2.75, 3.05) is 19.5 Å². The molecule has 0 aliphatic carbocycles. The standard InChI is InChI=1S/C16H20N2O5/c1-9-5-4-6-10-7-11(17-14(9)10)15(20)18-12(16(21)23-3)8-13(19)22-2/h4-6,11-12,17H,7-8H2,1-3H3,(H,18,20)/t11?,12-/m0/s1. The number of esters is 2. The van der Waals surface area contributed by atoms with Crippen molar-refractivity contribution in [3.8, 4) is 0 Å². The highest BCUT2D eigenvalue weighted by Gasteiger charge is 2.32. The lowest BCUT2D eigenvalue weighted by molar-refractivity contribution is -0.150. The molecule has 0 aromatic heterocycles. The Kier molecular flexibility index (Phi) is 5.20. The molecule has 0 fully saturated rings. The van der Waals surface area contributed by atoms with Crippen molar-refractivity contribution in [2.24, 2.45) is 0 Å². The van der Waals surface area contributed by atoms with Crippen molar-refractivity contribution in [1.82, 2.24) is 5.32 Å². The number of hydrogen-bond donors (Lipinski definition) is 2. The SMILES string of the molecule is COC(=O)C[C@H](NC(=O)C1Cc2cccc(C)c2N1)C(=O)OC. The van der Waals surface area contributed by atoms with Crippen LogP contribution in [0.3, 0.4) is 0 Å². The normalized spacial score (nSPS) is 16.7. The second-order valence-electron chi connectivity index (χ2n) is 5.37. The van der Waals surface area contributed by atoms with Crippen LogP contribution in [0, 0.1) is 6.92 Å². The Balaban J connectivity index is 2.04. The van der Waals surface area contributed by atoms with Crippen LogP contribution in [0.2, 0.25) is 0 Å². The molecule has 0 saturated heterocycles. The monoisotopic (exact) mass is 320 g/mol. The number of para-hydroxylation sites is 1. The van der Waals surface area contributed by atoms with Crippen molar-refractivity contribution < 1.29 is 23.9 Å². The molecular weight excluding hydrogens is 300 g/mol. The Morgan fingerprint density at radius 3 is 2.65 bits per heavy atom. The van der Waals surface area contributed by atoms with Gasteiger partial charge in [0.15, 0.2) is 0 Å². The maximum Gasteiger partial charge on any atom is 0.328 e. The summed E-state index contributed by atoms with van der Waals surface area (Å²) < 4.78 is 9.16. The number of carbonyl (C=O) groups is 3. The summed E-state index contributed by atoms with van der Waals surface area (Å²) in [6.45, 7) is 1.96. The van der Waals surface area contributed by atoms with Gasteiger partial charge in [-0.15, -0.1) is 0 Å². The van der Waals surface area contributed by atoms with Gasteiger partial charge in [0.05, 0.1) is 20.6 Å². The second kappa shape index (κ2) is 7.13. The van der Waals surface area contributed by atoms with Gasteiger partial charge in [-0.1, -0.05) is 18.2 Å². The van der Waals surface area contributed by atoms with Crippen LogP contribution in [-0.2, 0) is 30.3 Å². The number of methoxy groups -OCH3 is 2. The van der Waals surface area contributed by atoms with E-state index in [9.17, 15) is 14.4 Å². The van der Waals surface area contributed by atoms with E-state index < -0.39 is 24.0 Å². The van der Waals surface area contributed by atoms with Crippen LogP contribution in [0.1, 0.15) is 17.5 Å². The molecule has 1 amide bonds. The fraction of sp³-hybridized carbons (Fsp3) is 0.438. The van der Waals surface area contributed by atoms with Gasteiger partial charge in [0.2, 0.25) is 5.91 Å². The van der Waals surface area contributed by atoms with Gasteiger partial charge in [-0.2, -0.15) is 0 Å². The first-order valence-corrected chi connectivity index (χ1v) is 7.26. The fourth-order valence-corrected chi connectivity index (χ4v) is 2.57. The highest BCUT2D eigenvalue weighted by Crippen LogP contribution is 2.29. The average molecular weight is 320 g/mol. The topological polar surface area (TPSA) is 93.7 Å². The molecular formula is C16H20N2O5. The van der Waals surface area contributed by atoms with Gasteiger partial charge in [0.1, 0.15) is 12.1 Å². The minimum absolute atomic E-state index is 0.270. The minimum Gasteiger partial charge on any atom is -0.469 e. The molecule has 1 aliphatic heterocycles. The van der Waals surface area contributed by atoms with E-state index in [-0.39, 0.29) is 12.3 Å². The molecule has 1 aliphatic rings. The summed E-state index contributed by atoms with van der Waals surface area (Å²) in [7, 11) is 2.42. The van der Waals surface area contributed by atoms with E-state index in [1.54, 1.807) is 0 Å². The molecule has 1 heterocycles. The van der Waals surface area contributed by atoms with Crippen LogP contribution >= 0.6 is 0 Å². The minimum atomic E-state index is -1.06. The number of benzene rings is 1. The lowest BCUT2D eigenvalue weighted by atomic mass is 10.1. The van der Waals surface area contributed by atoms with Crippen LogP contribution < -0.4 is 10.6 Å². The molecule has 1 aromatic rings. The molecule has 2 rings (SSSR count). The smallest absolute Gasteiger partial charge is 0.328 e. The molecule has 7 heteroatoms. The summed E-state index contributed by atoms with van der Waals surface area (Å²) in [6, 6.07) is 4.29. The van der Waals surface area contributed by atoms with E-state index in [1.807, 2.05) is 25.1 Å². The van der Waals surface area contributed by atoms with Gasteiger partial charge in [0, 0.05) is 12.1 Å². The fourth-order valence-electron chi connectivity index (χ4n) is 2.57. The number of rotatable bonds is 5. The number of amides is 1. The Morgan fingerprint density at radius 1 is 1.30 bits per heavy atom. The third kappa shape index (κ3) is 3.80. The predicted octanol–water partition coefficient (Wildman–Crippen LogP) is 0.553. The molecule has 0 radical (unpaired) electrons. The summed E-state index contributed by atoms with van der Waals surface area (Å²) in [5, 5.41) is 5.70. The number of nitrogens with one attached hydrogen (secondary N) is 2. The summed E-state index contributed by atoms with van der Waals surface area (Å²) in [5.74, 6) is -1.64. The zero-order chi connectivity index (χ0) is 17.0. The third-order valence-corrected chi connectivity index (χ3v) is 3.82. The Morgan fingerprint density at radius 2 is 2.04 bits per heavy atom. The molecule has 2 atom stereocenters. The van der Waals surface area contributed by atoms with E-state index in [2.05, 4.69) is 20.1 Å². The van der Waals surface area contributed by atoms with E-state index in [4.69, 9.17) is 0 Å². The van der Waals surface area contributed by atoms with Gasteiger partial charge < -0.3 is 20.1 Å². The molecule has 0 saturated carbocycles. The van der Waals surface area contributed by atoms with E-state index in [1.165, 1.54) is 14.2 Å². The molecule has 1 unspecified atom stereocenters. The lowest BCUT2D eigenvalue weighted by Crippen LogP contribution is -2.48. The third-order valence-electron chi connectivity index (χ3n) is 3.82. The molecule has 0 bridgehead atoms. The maximum absolute atomic E-state index is 12.4. The highest BCUT2D eigenvalue weighted by molar-refractivity contribution is 5.92. The van der Waals surface area contributed by atoms with Crippen LogP contribution in [-0.4, -0.2) is 44.1 Å². The molecule has 0 spiro atoms. The lowest BCUT2D eigenvalue weighted by Gasteiger charge is -2.18. The first-order chi connectivity index (χ1) is 11.0. The predicted molar refractivity (Wildman–Crippen MR) is 82.9 cm³/mol. The Bertz CT molecular complexity index is 629. The number of aryl methyl sites for hydroxylation is 1. The van der Waals surface area contributed by atoms with Crippen molar-refractivity contribution in [2.45, 2.75) is 31.8 Å². The Hall–Kier alpha value is -2.57. The van der Waals surface area contributed by atoms with Crippen molar-refractivity contribution in [3.05, 3.63) is 29.3 Å². The summed E-state index contributed by atoms with van der Waals surface area (Å²) in [4.78, 5) is 35.5. The first-order valence-electron chi connectivity index (χ1n) is 7.26. The highest BCUT2D eigenvalue weighted by atomic mass is 16.5. The summed E-state index contributed by atoms with van der Waals surface area (Å²) in [5.41, 5.74) is 3.04. The molecule has 7 nitrogen and oxygen atoms in total. The number of carbonyl (C=O) groups excluding carboxylic acids is 3. The molecule has 2 N–H and O–H groups in total. The second-order valence-corrected chi connectivity index (χ2v) is 5.37. The zero-order valence-corrected chi connectivity index (χ0v) is 13.3. The van der Waals surface area contributed by atoms with Crippen molar-refractivity contribution in [3.63, 3.8) is 0 Å². The van der Waals surface area contributed by atoms with Gasteiger partial charge in [-0.3, -0.25) is 9.59 Å². The van der Waals surface area contributed by atoms with Gasteiger partial charge >= 0.3 is 11.9 Å². The summed E-state index contributed by atoms with van der Waals surface area (Å²) in [6.07, 6.45) is 0.253. The van der Waals surface area contributed by atoms with Gasteiger partial charge in [0.25, 0.3) is 0 Å².